The van der Waals surface area contributed by atoms with Gasteiger partial charge in [0.05, 0.1) is 12.2 Å². The first-order chi connectivity index (χ1) is 8.43. The van der Waals surface area contributed by atoms with Crippen LogP contribution in [0.3, 0.4) is 0 Å². The topological polar surface area (TPSA) is 47.1 Å². The zero-order valence-electron chi connectivity index (χ0n) is 12.1. The Bertz CT molecular complexity index is 396. The third kappa shape index (κ3) is 2.75. The summed E-state index contributed by atoms with van der Waals surface area (Å²) in [5.41, 5.74) is 8.01. The summed E-state index contributed by atoms with van der Waals surface area (Å²) in [6.45, 7) is 9.10. The van der Waals surface area contributed by atoms with Crippen molar-refractivity contribution >= 4 is 0 Å². The molecule has 0 radical (unpaired) electrons. The summed E-state index contributed by atoms with van der Waals surface area (Å²) in [5, 5.41) is 4.30. The molecule has 1 saturated heterocycles. The first-order valence-electron chi connectivity index (χ1n) is 6.91. The monoisotopic (exact) mass is 250 g/mol. The largest absolute Gasteiger partial charge is 0.326 e. The summed E-state index contributed by atoms with van der Waals surface area (Å²) in [7, 11) is 1.96. The molecule has 2 rings (SSSR count). The van der Waals surface area contributed by atoms with Crippen LogP contribution in [0.4, 0.5) is 0 Å². The Balaban J connectivity index is 2.21. The lowest BCUT2D eigenvalue weighted by molar-refractivity contribution is 0.189. The molecule has 1 aromatic rings. The molecule has 2 atom stereocenters. The quantitative estimate of drug-likeness (QED) is 0.888. The van der Waals surface area contributed by atoms with Crippen molar-refractivity contribution in [3.05, 3.63) is 18.0 Å². The fourth-order valence-electron chi connectivity index (χ4n) is 2.94. The van der Waals surface area contributed by atoms with Gasteiger partial charge in [0.25, 0.3) is 0 Å². The summed E-state index contributed by atoms with van der Waals surface area (Å²) in [6, 6.07) is 0.494. The van der Waals surface area contributed by atoms with Crippen LogP contribution in [0.15, 0.2) is 12.4 Å². The molecule has 0 saturated carbocycles. The van der Waals surface area contributed by atoms with Gasteiger partial charge in [-0.1, -0.05) is 20.8 Å². The van der Waals surface area contributed by atoms with Crippen LogP contribution in [-0.2, 0) is 7.05 Å². The van der Waals surface area contributed by atoms with Crippen molar-refractivity contribution in [3.8, 4) is 0 Å². The molecule has 4 nitrogen and oxygen atoms in total. The molecule has 0 spiro atoms. The Hall–Kier alpha value is -0.870. The second-order valence-corrected chi connectivity index (χ2v) is 6.35. The minimum atomic E-state index is 0.183. The second kappa shape index (κ2) is 5.02. The second-order valence-electron chi connectivity index (χ2n) is 6.35. The van der Waals surface area contributed by atoms with Gasteiger partial charge in [0, 0.05) is 31.4 Å². The molecule has 1 fully saturated rings. The van der Waals surface area contributed by atoms with Crippen molar-refractivity contribution in [2.24, 2.45) is 18.2 Å². The van der Waals surface area contributed by atoms with Gasteiger partial charge in [-0.15, -0.1) is 0 Å². The third-order valence-electron chi connectivity index (χ3n) is 4.04. The van der Waals surface area contributed by atoms with Crippen LogP contribution in [0.1, 0.15) is 45.2 Å². The van der Waals surface area contributed by atoms with Crippen LogP contribution < -0.4 is 5.73 Å². The lowest BCUT2D eigenvalue weighted by atomic mass is 9.93. The number of likely N-dealkylation sites (tertiary alicyclic amines) is 1. The summed E-state index contributed by atoms with van der Waals surface area (Å²) < 4.78 is 1.87. The van der Waals surface area contributed by atoms with Gasteiger partial charge in [-0.25, -0.2) is 0 Å². The Morgan fingerprint density at radius 2 is 2.22 bits per heavy atom. The van der Waals surface area contributed by atoms with E-state index in [4.69, 9.17) is 5.73 Å². The van der Waals surface area contributed by atoms with E-state index < -0.39 is 0 Å². The third-order valence-corrected chi connectivity index (χ3v) is 4.04. The molecule has 18 heavy (non-hydrogen) atoms. The predicted octanol–water partition coefficient (Wildman–Crippen LogP) is 1.93. The minimum Gasteiger partial charge on any atom is -0.326 e. The molecule has 1 aromatic heterocycles. The molecule has 0 bridgehead atoms. The highest BCUT2D eigenvalue weighted by molar-refractivity contribution is 5.14. The lowest BCUT2D eigenvalue weighted by Gasteiger charge is -2.32. The first-order valence-corrected chi connectivity index (χ1v) is 6.91. The van der Waals surface area contributed by atoms with E-state index in [2.05, 4.69) is 37.0 Å². The van der Waals surface area contributed by atoms with Crippen molar-refractivity contribution in [1.82, 2.24) is 14.7 Å². The van der Waals surface area contributed by atoms with Crippen molar-refractivity contribution in [2.75, 3.05) is 13.1 Å². The van der Waals surface area contributed by atoms with E-state index in [1.54, 1.807) is 0 Å². The first kappa shape index (κ1) is 13.6. The van der Waals surface area contributed by atoms with Crippen molar-refractivity contribution in [3.63, 3.8) is 0 Å². The van der Waals surface area contributed by atoms with E-state index in [0.29, 0.717) is 11.5 Å². The Kier molecular flexibility index (Phi) is 3.78. The summed E-state index contributed by atoms with van der Waals surface area (Å²) in [6.07, 6.45) is 6.31. The fourth-order valence-corrected chi connectivity index (χ4v) is 2.94. The molecule has 2 unspecified atom stereocenters. The Labute approximate surface area is 110 Å². The summed E-state index contributed by atoms with van der Waals surface area (Å²) >= 11 is 0. The molecule has 1 aliphatic rings. The number of aryl methyl sites for hydroxylation is 1. The maximum absolute atomic E-state index is 6.35. The van der Waals surface area contributed by atoms with Gasteiger partial charge in [0.1, 0.15) is 0 Å². The molecule has 2 heterocycles. The maximum atomic E-state index is 6.35. The van der Waals surface area contributed by atoms with E-state index >= 15 is 0 Å². The van der Waals surface area contributed by atoms with Crippen LogP contribution in [0, 0.1) is 5.41 Å². The van der Waals surface area contributed by atoms with E-state index in [1.165, 1.54) is 12.0 Å². The average molecular weight is 250 g/mol. The van der Waals surface area contributed by atoms with Crippen LogP contribution in [0.25, 0.3) is 0 Å². The number of rotatable bonds is 4. The SMILES string of the molecule is CCC(N)C(c1cnn(C)c1)N1CCC(C)(C)C1. The lowest BCUT2D eigenvalue weighted by Crippen LogP contribution is -2.40. The van der Waals surface area contributed by atoms with Gasteiger partial charge in [0.15, 0.2) is 0 Å². The average Bonchev–Trinajstić information content (AvgIpc) is 2.86. The number of hydrogen-bond acceptors (Lipinski definition) is 3. The summed E-state index contributed by atoms with van der Waals surface area (Å²) in [5.74, 6) is 0. The van der Waals surface area contributed by atoms with Crippen LogP contribution in [-0.4, -0.2) is 33.8 Å². The number of hydrogen-bond donors (Lipinski definition) is 1. The van der Waals surface area contributed by atoms with E-state index in [1.807, 2.05) is 17.9 Å². The molecular formula is C14H26N4. The van der Waals surface area contributed by atoms with Gasteiger partial charge < -0.3 is 5.73 Å². The van der Waals surface area contributed by atoms with Gasteiger partial charge >= 0.3 is 0 Å². The van der Waals surface area contributed by atoms with Crippen LogP contribution in [0.5, 0.6) is 0 Å². The fraction of sp³-hybridized carbons (Fsp3) is 0.786. The number of nitrogens with two attached hydrogens (primary N) is 1. The number of nitrogens with zero attached hydrogens (tertiary/aromatic N) is 3. The molecular weight excluding hydrogens is 224 g/mol. The van der Waals surface area contributed by atoms with Crippen LogP contribution in [0.2, 0.25) is 0 Å². The summed E-state index contributed by atoms with van der Waals surface area (Å²) in [4.78, 5) is 2.53. The molecule has 0 aromatic carbocycles. The molecule has 0 amide bonds. The molecule has 1 aliphatic heterocycles. The highest BCUT2D eigenvalue weighted by Crippen LogP contribution is 2.36. The zero-order chi connectivity index (χ0) is 13.3. The van der Waals surface area contributed by atoms with Crippen molar-refractivity contribution < 1.29 is 0 Å². The molecule has 4 heteroatoms. The van der Waals surface area contributed by atoms with Gasteiger partial charge in [0.2, 0.25) is 0 Å². The zero-order valence-corrected chi connectivity index (χ0v) is 12.1. The van der Waals surface area contributed by atoms with Gasteiger partial charge in [-0.2, -0.15) is 5.10 Å². The standard InChI is InChI=1S/C14H26N4/c1-5-12(15)13(11-8-16-17(4)9-11)18-7-6-14(2,3)10-18/h8-9,12-13H,5-7,10,15H2,1-4H3. The normalized spacial score (nSPS) is 23.2. The van der Waals surface area contributed by atoms with E-state index in [-0.39, 0.29) is 6.04 Å². The minimum absolute atomic E-state index is 0.183. The van der Waals surface area contributed by atoms with Crippen LogP contribution >= 0.6 is 0 Å². The van der Waals surface area contributed by atoms with Gasteiger partial charge in [-0.3, -0.25) is 9.58 Å². The Morgan fingerprint density at radius 3 is 2.67 bits per heavy atom. The highest BCUT2D eigenvalue weighted by Gasteiger charge is 2.36. The maximum Gasteiger partial charge on any atom is 0.0538 e. The molecule has 2 N–H and O–H groups in total. The molecule has 102 valence electrons. The number of aromatic nitrogens is 2. The highest BCUT2D eigenvalue weighted by atomic mass is 15.3. The smallest absolute Gasteiger partial charge is 0.0538 e. The van der Waals surface area contributed by atoms with E-state index in [0.717, 1.165) is 19.5 Å². The molecule has 0 aliphatic carbocycles. The van der Waals surface area contributed by atoms with Crippen molar-refractivity contribution in [1.29, 1.82) is 0 Å². The van der Waals surface area contributed by atoms with E-state index in [9.17, 15) is 0 Å². The van der Waals surface area contributed by atoms with Gasteiger partial charge in [-0.05, 0) is 24.8 Å². The van der Waals surface area contributed by atoms with Crippen molar-refractivity contribution in [2.45, 2.75) is 45.7 Å². The predicted molar refractivity (Wildman–Crippen MR) is 74.2 cm³/mol. The Morgan fingerprint density at radius 1 is 1.50 bits per heavy atom.